The molecular formula is C117H118N6O20. The van der Waals surface area contributed by atoms with Crippen molar-refractivity contribution < 1.29 is 92.3 Å². The van der Waals surface area contributed by atoms with E-state index in [1.54, 1.807) is 105 Å². The van der Waals surface area contributed by atoms with Crippen LogP contribution in [0.4, 0.5) is 5.69 Å². The quantitative estimate of drug-likeness (QED) is 0.0178. The van der Waals surface area contributed by atoms with Gasteiger partial charge in [0.1, 0.15) is 85.2 Å². The second-order valence-electron chi connectivity index (χ2n) is 35.3. The molecule has 0 saturated carbocycles. The summed E-state index contributed by atoms with van der Waals surface area (Å²) in [6.07, 6.45) is 14.9. The van der Waals surface area contributed by atoms with Crippen LogP contribution in [0.3, 0.4) is 0 Å². The van der Waals surface area contributed by atoms with Gasteiger partial charge < -0.3 is 63.4 Å². The van der Waals surface area contributed by atoms with E-state index in [0.717, 1.165) is 80.4 Å². The largest absolute Gasteiger partial charge is 0.505 e. The number of unbranched alkanes of at least 4 members (excludes halogenated alkanes) is 2. The van der Waals surface area contributed by atoms with Crippen LogP contribution in [0.2, 0.25) is 0 Å². The second kappa shape index (κ2) is 50.0. The number of aromatic hydroxyl groups is 5. The third-order valence-electron chi connectivity index (χ3n) is 25.2. The Hall–Kier alpha value is -16.4. The Balaban J connectivity index is 0.000000150. The number of methoxy groups -OCH3 is 6. The fraction of sp³-hybridized carbons (Fsp3) is 0.265. The Morgan fingerprint density at radius 1 is 0.343 bits per heavy atom. The van der Waals surface area contributed by atoms with Crippen LogP contribution in [0.25, 0.3) is 54.5 Å². The summed E-state index contributed by atoms with van der Waals surface area (Å²) in [6.45, 7) is 9.89. The first kappa shape index (κ1) is 104. The molecule has 26 heteroatoms. The fourth-order valence-electron chi connectivity index (χ4n) is 17.9. The molecule has 1 aliphatic heterocycles. The lowest BCUT2D eigenvalue weighted by atomic mass is 9.84. The number of nitro benzene ring substituents is 1. The number of carbonyl (C=O) groups is 5. The van der Waals surface area contributed by atoms with Crippen molar-refractivity contribution in [1.82, 2.24) is 24.9 Å². The van der Waals surface area contributed by atoms with Crippen LogP contribution in [0.15, 0.2) is 280 Å². The molecule has 1 aliphatic rings. The predicted molar refractivity (Wildman–Crippen MR) is 553 cm³/mol. The van der Waals surface area contributed by atoms with Crippen molar-refractivity contribution in [2.24, 2.45) is 5.92 Å². The van der Waals surface area contributed by atoms with Gasteiger partial charge in [0.2, 0.25) is 6.79 Å². The van der Waals surface area contributed by atoms with Crippen LogP contribution in [-0.4, -0.2) is 134 Å². The van der Waals surface area contributed by atoms with E-state index in [-0.39, 0.29) is 119 Å². The van der Waals surface area contributed by atoms with Gasteiger partial charge in [-0.25, -0.2) is 0 Å². The Bertz CT molecular complexity index is 7200. The number of phenolic OH excluding ortho intramolecular Hbond substituents is 5. The number of nitro groups is 1. The van der Waals surface area contributed by atoms with Crippen molar-refractivity contribution in [2.45, 2.75) is 148 Å². The lowest BCUT2D eigenvalue weighted by Gasteiger charge is -2.21. The molecule has 5 aromatic heterocycles. The highest BCUT2D eigenvalue weighted by atomic mass is 16.7. The van der Waals surface area contributed by atoms with Gasteiger partial charge in [0.25, 0.3) is 5.69 Å². The molecule has 0 bridgehead atoms. The molecule has 17 rings (SSSR count). The van der Waals surface area contributed by atoms with Gasteiger partial charge >= 0.3 is 0 Å². The van der Waals surface area contributed by atoms with Crippen molar-refractivity contribution in [2.75, 3.05) is 49.5 Å². The van der Waals surface area contributed by atoms with Gasteiger partial charge in [-0.1, -0.05) is 198 Å². The maximum absolute atomic E-state index is 13.1. The van der Waals surface area contributed by atoms with Gasteiger partial charge in [-0.3, -0.25) is 59.0 Å². The zero-order valence-corrected chi connectivity index (χ0v) is 82.0. The molecule has 143 heavy (non-hydrogen) atoms. The van der Waals surface area contributed by atoms with Crippen LogP contribution in [0.5, 0.6) is 74.7 Å². The minimum atomic E-state index is -0.476. The number of phenols is 5. The molecule has 26 nitrogen and oxygen atoms in total. The highest BCUT2D eigenvalue weighted by Gasteiger charge is 2.32. The normalized spacial score (nSPS) is 12.3. The molecule has 6 heterocycles. The summed E-state index contributed by atoms with van der Waals surface area (Å²) in [5.74, 6) is 4.46. The minimum absolute atomic E-state index is 0.0119. The first-order valence-corrected chi connectivity index (χ1v) is 47.5. The Morgan fingerprint density at radius 3 is 1.00 bits per heavy atom. The van der Waals surface area contributed by atoms with Crippen LogP contribution in [0, 0.1) is 16.0 Å². The monoisotopic (exact) mass is 1930 g/mol. The molecule has 11 aromatic carbocycles. The number of hydrogen-bond acceptors (Lipinski definition) is 25. The van der Waals surface area contributed by atoms with Gasteiger partial charge in [0.15, 0.2) is 46.0 Å². The van der Waals surface area contributed by atoms with E-state index in [9.17, 15) is 59.6 Å². The molecule has 0 radical (unpaired) electrons. The number of nitrogens with zero attached hydrogens (tertiary/aromatic N) is 6. The Kier molecular flexibility index (Phi) is 36.3. The number of non-ortho nitro benzene ring substituents is 1. The molecule has 5 atom stereocenters. The SMILES string of the molecule is CC(=O)CC(c1ccc2c(c1)OCO2)c1ccc2cccnc2c1O.CCCCC(=O)CC(c1ccc(OC)c(OC)c1)c1ccc2cccnc2c1O.CCCCC(=O)CC(c1cccc([N+](=O)[O-])c1)c1ccc2cccnc2c1O.COc1ccc(C(CC(=O)CC(C)C)c2ccc3cccnc3c2O)cc1OC.COc1ccc(C(CC(=O)Cc2ccccc2)c2ccc3cccnc3c2O)cc1OC. The Morgan fingerprint density at radius 2 is 0.664 bits per heavy atom. The number of Topliss-reactive ketones (excluding diaryl/α,β-unsaturated/α-hetero) is 5. The molecule has 736 valence electrons. The average molecular weight is 1930 g/mol. The van der Waals surface area contributed by atoms with E-state index in [0.29, 0.717) is 145 Å². The van der Waals surface area contributed by atoms with Crippen molar-refractivity contribution in [3.05, 3.63) is 351 Å². The molecule has 0 spiro atoms. The van der Waals surface area contributed by atoms with Crippen molar-refractivity contribution >= 4 is 89.1 Å². The first-order chi connectivity index (χ1) is 69.3. The molecular weight excluding hydrogens is 1810 g/mol. The smallest absolute Gasteiger partial charge is 0.269 e. The topological polar surface area (TPSA) is 368 Å². The maximum Gasteiger partial charge on any atom is 0.269 e. The zero-order chi connectivity index (χ0) is 102. The van der Waals surface area contributed by atoms with E-state index in [4.69, 9.17) is 37.9 Å². The summed E-state index contributed by atoms with van der Waals surface area (Å²) >= 11 is 0. The zero-order valence-electron chi connectivity index (χ0n) is 82.0. The lowest BCUT2D eigenvalue weighted by molar-refractivity contribution is -0.384. The number of ether oxygens (including phenoxy) is 8. The highest BCUT2D eigenvalue weighted by Crippen LogP contribution is 2.48. The summed E-state index contributed by atoms with van der Waals surface area (Å²) in [5, 5.41) is 70.0. The van der Waals surface area contributed by atoms with Crippen molar-refractivity contribution in [3.8, 4) is 74.7 Å². The number of pyridine rings is 5. The molecule has 0 saturated heterocycles. The van der Waals surface area contributed by atoms with Crippen molar-refractivity contribution in [1.29, 1.82) is 0 Å². The highest BCUT2D eigenvalue weighted by molar-refractivity contribution is 5.92. The van der Waals surface area contributed by atoms with E-state index in [1.807, 2.05) is 233 Å². The molecule has 0 amide bonds. The van der Waals surface area contributed by atoms with Gasteiger partial charge in [-0.2, -0.15) is 0 Å². The van der Waals surface area contributed by atoms with Crippen LogP contribution in [-0.2, 0) is 30.4 Å². The van der Waals surface area contributed by atoms with Gasteiger partial charge in [0, 0.05) is 185 Å². The van der Waals surface area contributed by atoms with Crippen LogP contribution < -0.4 is 37.9 Å². The van der Waals surface area contributed by atoms with Crippen LogP contribution >= 0.6 is 0 Å². The summed E-state index contributed by atoms with van der Waals surface area (Å²) < 4.78 is 43.2. The molecule has 5 N–H and O–H groups in total. The van der Waals surface area contributed by atoms with E-state index in [2.05, 4.69) is 31.8 Å². The number of aromatic nitrogens is 5. The fourth-order valence-corrected chi connectivity index (χ4v) is 17.9. The third kappa shape index (κ3) is 26.0. The number of fused-ring (bicyclic) bond motifs is 6. The summed E-state index contributed by atoms with van der Waals surface area (Å²) in [7, 11) is 9.50. The first-order valence-electron chi connectivity index (χ1n) is 47.5. The summed E-state index contributed by atoms with van der Waals surface area (Å²) in [6, 6.07) is 75.7. The van der Waals surface area contributed by atoms with Gasteiger partial charge in [0.05, 0.1) is 47.6 Å². The maximum atomic E-state index is 13.1. The number of carbonyl (C=O) groups excluding carboxylic acids is 5. The number of ketones is 5. The Labute approximate surface area is 830 Å². The average Bonchev–Trinajstić information content (AvgIpc) is 1.60. The number of benzene rings is 11. The van der Waals surface area contributed by atoms with Gasteiger partial charge in [-0.15, -0.1) is 0 Å². The number of hydrogen-bond donors (Lipinski definition) is 5. The summed E-state index contributed by atoms with van der Waals surface area (Å²) in [5.41, 5.74) is 10.9. The second-order valence-corrected chi connectivity index (χ2v) is 35.3. The predicted octanol–water partition coefficient (Wildman–Crippen LogP) is 24.5. The van der Waals surface area contributed by atoms with E-state index >= 15 is 0 Å². The van der Waals surface area contributed by atoms with Crippen LogP contribution in [0.1, 0.15) is 202 Å². The lowest BCUT2D eigenvalue weighted by Crippen LogP contribution is -2.12. The number of rotatable bonds is 37. The summed E-state index contributed by atoms with van der Waals surface area (Å²) in [4.78, 5) is 95.1. The van der Waals surface area contributed by atoms with E-state index in [1.165, 1.54) is 12.1 Å². The minimum Gasteiger partial charge on any atom is -0.505 e. The van der Waals surface area contributed by atoms with E-state index < -0.39 is 10.8 Å². The molecule has 16 aromatic rings. The molecule has 0 aliphatic carbocycles. The third-order valence-corrected chi connectivity index (χ3v) is 25.2. The standard InChI is InChI=1S/C27H25NO4.2C24H27NO4.C22H22N2O4.C20H17NO4/c1-31-24-13-11-20(16-25(24)32-2)23(17-21(29)15-18-7-4-3-5-8-18)22-12-10-19-9-6-14-28-26(19)27(22)30;1-15(2)12-18(26)14-20(17-8-10-21(28-3)22(13-17)29-4)19-9-7-16-6-5-11-25-23(16)24(19)27;1-4-5-8-18(26)15-20(17-10-12-21(28-2)22(14-17)29-3)19-11-9-16-7-6-13-25-23(16)24(19)27;1-2-3-9-18(25)14-20(16-6-4-8-17(13-16)24(27)28)19-11-10-15-7-5-12-23-21(15)22(19)26;1-12(22)9-16(14-5-7-17-18(10-14)25-11-24-17)15-6-4-13-3-2-8-21-19(13)20(15)23/h3-14,16,23,30H,15,17H2,1-2H3;5-11,13,15,20,27H,12,14H2,1-4H3;6-7,9-14,20,27H,4-5,8,15H2,1-3H3;4-8,10-13,20,26H,2-3,9,14H2,1H3;2-8,10,16,23H,9,11H2,1H3. The van der Waals surface area contributed by atoms with Gasteiger partial charge in [-0.05, 0) is 138 Å². The molecule has 0 fully saturated rings. The van der Waals surface area contributed by atoms with Crippen molar-refractivity contribution in [3.63, 3.8) is 0 Å². The molecule has 5 unspecified atom stereocenters.